The molecule has 1 aliphatic rings. The highest BCUT2D eigenvalue weighted by Crippen LogP contribution is 2.53. The van der Waals surface area contributed by atoms with E-state index in [9.17, 15) is 13.5 Å². The van der Waals surface area contributed by atoms with Crippen molar-refractivity contribution in [2.24, 2.45) is 5.92 Å². The third-order valence-corrected chi connectivity index (χ3v) is 6.49. The van der Waals surface area contributed by atoms with Crippen molar-refractivity contribution in [3.63, 3.8) is 0 Å². The SMILES string of the molecule is O=S(=O)(c1ccccc1)[C@@H]1[C@H](CO)[C@@H]1c1cccc(Cl)c1. The second-order valence-corrected chi connectivity index (χ2v) is 7.79. The molecule has 5 heteroatoms. The first-order valence-electron chi connectivity index (χ1n) is 6.71. The van der Waals surface area contributed by atoms with Crippen LogP contribution in [0.25, 0.3) is 0 Å². The van der Waals surface area contributed by atoms with Gasteiger partial charge in [-0.1, -0.05) is 41.9 Å². The molecule has 0 unspecified atom stereocenters. The minimum absolute atomic E-state index is 0.145. The average molecular weight is 323 g/mol. The molecule has 1 fully saturated rings. The first-order valence-corrected chi connectivity index (χ1v) is 8.63. The first kappa shape index (κ1) is 14.6. The molecule has 3 rings (SSSR count). The number of hydrogen-bond acceptors (Lipinski definition) is 3. The summed E-state index contributed by atoms with van der Waals surface area (Å²) in [5, 5.41) is 9.49. The second kappa shape index (κ2) is 5.44. The van der Waals surface area contributed by atoms with E-state index >= 15 is 0 Å². The molecule has 0 heterocycles. The Hall–Kier alpha value is -1.36. The lowest BCUT2D eigenvalue weighted by molar-refractivity contribution is 0.274. The molecule has 1 saturated carbocycles. The van der Waals surface area contributed by atoms with Gasteiger partial charge < -0.3 is 5.11 Å². The zero-order chi connectivity index (χ0) is 15.0. The summed E-state index contributed by atoms with van der Waals surface area (Å²) in [6, 6.07) is 15.6. The van der Waals surface area contributed by atoms with E-state index in [4.69, 9.17) is 11.6 Å². The molecule has 0 aromatic heterocycles. The van der Waals surface area contributed by atoms with Gasteiger partial charge in [0.1, 0.15) is 0 Å². The molecule has 0 aliphatic heterocycles. The van der Waals surface area contributed by atoms with Gasteiger partial charge in [-0.3, -0.25) is 0 Å². The Balaban J connectivity index is 1.96. The van der Waals surface area contributed by atoms with Gasteiger partial charge in [0.2, 0.25) is 0 Å². The number of sulfone groups is 1. The van der Waals surface area contributed by atoms with E-state index in [2.05, 4.69) is 0 Å². The normalized spacial score (nSPS) is 24.8. The van der Waals surface area contributed by atoms with Gasteiger partial charge in [-0.2, -0.15) is 0 Å². The monoisotopic (exact) mass is 322 g/mol. The Morgan fingerprint density at radius 3 is 2.38 bits per heavy atom. The van der Waals surface area contributed by atoms with Gasteiger partial charge in [0.05, 0.1) is 10.1 Å². The van der Waals surface area contributed by atoms with Crippen molar-refractivity contribution in [2.45, 2.75) is 16.1 Å². The lowest BCUT2D eigenvalue weighted by Gasteiger charge is -2.04. The Morgan fingerprint density at radius 2 is 1.76 bits per heavy atom. The molecule has 0 spiro atoms. The molecule has 0 bridgehead atoms. The van der Waals surface area contributed by atoms with Crippen LogP contribution in [-0.2, 0) is 9.84 Å². The summed E-state index contributed by atoms with van der Waals surface area (Å²) >= 11 is 5.97. The van der Waals surface area contributed by atoms with Crippen LogP contribution in [0.1, 0.15) is 11.5 Å². The lowest BCUT2D eigenvalue weighted by atomic mass is 10.1. The predicted octanol–water partition coefficient (Wildman–Crippen LogP) is 2.89. The summed E-state index contributed by atoms with van der Waals surface area (Å²) in [6.07, 6.45) is 0. The zero-order valence-electron chi connectivity index (χ0n) is 11.2. The van der Waals surface area contributed by atoms with E-state index in [-0.39, 0.29) is 18.4 Å². The fraction of sp³-hybridized carbons (Fsp3) is 0.250. The topological polar surface area (TPSA) is 54.4 Å². The van der Waals surface area contributed by atoms with Crippen molar-refractivity contribution in [1.82, 2.24) is 0 Å². The van der Waals surface area contributed by atoms with Crippen LogP contribution in [0, 0.1) is 5.92 Å². The van der Waals surface area contributed by atoms with Gasteiger partial charge in [-0.25, -0.2) is 8.42 Å². The predicted molar refractivity (Wildman–Crippen MR) is 82.2 cm³/mol. The van der Waals surface area contributed by atoms with Crippen LogP contribution in [0.4, 0.5) is 0 Å². The zero-order valence-corrected chi connectivity index (χ0v) is 12.8. The van der Waals surface area contributed by atoms with Gasteiger partial charge in [-0.15, -0.1) is 0 Å². The maximum absolute atomic E-state index is 12.7. The summed E-state index contributed by atoms with van der Waals surface area (Å²) in [5.74, 6) is -0.465. The number of hydrogen-bond donors (Lipinski definition) is 1. The number of aliphatic hydroxyl groups excluding tert-OH is 1. The minimum atomic E-state index is -3.44. The fourth-order valence-electron chi connectivity index (χ4n) is 2.90. The average Bonchev–Trinajstić information content (AvgIpc) is 3.23. The third-order valence-electron chi connectivity index (χ3n) is 3.97. The first-order chi connectivity index (χ1) is 10.1. The minimum Gasteiger partial charge on any atom is -0.396 e. The number of halogens is 1. The molecule has 2 aromatic carbocycles. The summed E-state index contributed by atoms with van der Waals surface area (Å²) < 4.78 is 25.4. The molecular weight excluding hydrogens is 308 g/mol. The Kier molecular flexibility index (Phi) is 3.78. The maximum Gasteiger partial charge on any atom is 0.182 e. The van der Waals surface area contributed by atoms with Crippen molar-refractivity contribution in [3.8, 4) is 0 Å². The van der Waals surface area contributed by atoms with Gasteiger partial charge in [0, 0.05) is 23.5 Å². The van der Waals surface area contributed by atoms with Crippen LogP contribution < -0.4 is 0 Å². The quantitative estimate of drug-likeness (QED) is 0.941. The van der Waals surface area contributed by atoms with Crippen LogP contribution >= 0.6 is 11.6 Å². The second-order valence-electron chi connectivity index (χ2n) is 5.25. The van der Waals surface area contributed by atoms with Crippen LogP contribution in [0.3, 0.4) is 0 Å². The number of benzene rings is 2. The molecule has 0 radical (unpaired) electrons. The van der Waals surface area contributed by atoms with E-state index < -0.39 is 15.1 Å². The molecule has 2 aromatic rings. The third kappa shape index (κ3) is 2.59. The molecule has 0 amide bonds. The van der Waals surface area contributed by atoms with Crippen molar-refractivity contribution < 1.29 is 13.5 Å². The number of aliphatic hydroxyl groups is 1. The molecule has 1 aliphatic carbocycles. The summed E-state index contributed by atoms with van der Waals surface area (Å²) in [5.41, 5.74) is 0.867. The molecule has 110 valence electrons. The van der Waals surface area contributed by atoms with Crippen LogP contribution in [-0.4, -0.2) is 25.4 Å². The molecule has 0 saturated heterocycles. The Labute approximate surface area is 129 Å². The molecule has 3 atom stereocenters. The van der Waals surface area contributed by atoms with E-state index in [0.717, 1.165) is 5.56 Å². The van der Waals surface area contributed by atoms with Gasteiger partial charge in [0.15, 0.2) is 9.84 Å². The smallest absolute Gasteiger partial charge is 0.182 e. The highest BCUT2D eigenvalue weighted by Gasteiger charge is 2.58. The number of rotatable bonds is 4. The molecular formula is C16H15ClO3S. The molecule has 21 heavy (non-hydrogen) atoms. The maximum atomic E-state index is 12.7. The lowest BCUT2D eigenvalue weighted by Crippen LogP contribution is -2.11. The van der Waals surface area contributed by atoms with Crippen LogP contribution in [0.15, 0.2) is 59.5 Å². The van der Waals surface area contributed by atoms with Crippen molar-refractivity contribution >= 4 is 21.4 Å². The highest BCUT2D eigenvalue weighted by atomic mass is 35.5. The summed E-state index contributed by atoms with van der Waals surface area (Å²) in [7, 11) is -3.44. The van der Waals surface area contributed by atoms with Crippen molar-refractivity contribution in [3.05, 3.63) is 65.2 Å². The Bertz CT molecular complexity index is 743. The molecule has 3 nitrogen and oxygen atoms in total. The van der Waals surface area contributed by atoms with Crippen molar-refractivity contribution in [2.75, 3.05) is 6.61 Å². The standard InChI is InChI=1S/C16H15ClO3S/c17-12-6-4-5-11(9-12)15-14(10-18)16(15)21(19,20)13-7-2-1-3-8-13/h1-9,14-16,18H,10H2/t14-,15+,16-/m1/s1. The van der Waals surface area contributed by atoms with E-state index in [1.54, 1.807) is 48.5 Å². The van der Waals surface area contributed by atoms with E-state index in [1.807, 2.05) is 6.07 Å². The van der Waals surface area contributed by atoms with Crippen LogP contribution in [0.5, 0.6) is 0 Å². The van der Waals surface area contributed by atoms with E-state index in [0.29, 0.717) is 9.92 Å². The highest BCUT2D eigenvalue weighted by molar-refractivity contribution is 7.92. The van der Waals surface area contributed by atoms with Gasteiger partial charge in [0.25, 0.3) is 0 Å². The van der Waals surface area contributed by atoms with Gasteiger partial charge in [-0.05, 0) is 29.8 Å². The fourth-order valence-corrected chi connectivity index (χ4v) is 5.32. The largest absolute Gasteiger partial charge is 0.396 e. The van der Waals surface area contributed by atoms with Crippen molar-refractivity contribution in [1.29, 1.82) is 0 Å². The summed E-state index contributed by atoms with van der Waals surface area (Å²) in [4.78, 5) is 0.304. The summed E-state index contributed by atoms with van der Waals surface area (Å²) in [6.45, 7) is -0.145. The van der Waals surface area contributed by atoms with E-state index in [1.165, 1.54) is 0 Å². The Morgan fingerprint density at radius 1 is 1.05 bits per heavy atom. The molecule has 1 N–H and O–H groups in total. The van der Waals surface area contributed by atoms with Crippen LogP contribution in [0.2, 0.25) is 5.02 Å². The van der Waals surface area contributed by atoms with Gasteiger partial charge >= 0.3 is 0 Å².